The van der Waals surface area contributed by atoms with Crippen molar-refractivity contribution in [2.45, 2.75) is 191 Å². The molecule has 0 radical (unpaired) electrons. The van der Waals surface area contributed by atoms with Crippen molar-refractivity contribution in [2.24, 2.45) is 44.8 Å². The third-order valence-electron chi connectivity index (χ3n) is 17.2. The second kappa shape index (κ2) is 12.5. The van der Waals surface area contributed by atoms with Crippen LogP contribution in [0.25, 0.3) is 0 Å². The lowest BCUT2D eigenvalue weighted by Crippen LogP contribution is -2.64. The van der Waals surface area contributed by atoms with E-state index >= 15 is 0 Å². The number of hydrogen-bond donors (Lipinski definition) is 8. The van der Waals surface area contributed by atoms with Crippen LogP contribution in [0.5, 0.6) is 0 Å². The molecule has 0 bridgehead atoms. The van der Waals surface area contributed by atoms with Crippen LogP contribution in [-0.4, -0.2) is 139 Å². The van der Waals surface area contributed by atoms with E-state index in [-0.39, 0.29) is 58.7 Å². The summed E-state index contributed by atoms with van der Waals surface area (Å²) in [6.07, 6.45) is -4.95. The highest BCUT2D eigenvalue weighted by Gasteiger charge is 2.85. The van der Waals surface area contributed by atoms with E-state index < -0.39 is 84.1 Å². The Morgan fingerprint density at radius 3 is 1.83 bits per heavy atom. The summed E-state index contributed by atoms with van der Waals surface area (Å²) < 4.78 is 31.8. The monoisotopic (exact) mass is 754 g/mol. The van der Waals surface area contributed by atoms with E-state index in [1.54, 1.807) is 13.8 Å². The largest absolute Gasteiger partial charge is 0.393 e. The number of aliphatic hydroxyl groups is 8. The molecule has 3 saturated heterocycles. The first kappa shape index (κ1) is 39.3. The first-order valence-corrected chi connectivity index (χ1v) is 20.3. The van der Waals surface area contributed by atoms with Gasteiger partial charge in [0, 0.05) is 5.92 Å². The molecule has 8 fully saturated rings. The van der Waals surface area contributed by atoms with E-state index in [0.29, 0.717) is 19.3 Å². The SMILES string of the molecule is CC(C)(O)[C@@H]1CC[C@](C)([C@H]2[C@@H](O)C[C@@]3(C)[C@@H]4C[C@H](O[C@@H]5OC[C@@H](O)[C@H](O)[C@H]5O)[C@H]5C(C)(C)[C@@H](O[C@@H]6OC[C@@H](O)[C@H](O)[C@H]6O)CC[C@@]56C[C@@]46CC[C@]23C)O1. The summed E-state index contributed by atoms with van der Waals surface area (Å²) >= 11 is 0. The van der Waals surface area contributed by atoms with Crippen molar-refractivity contribution in [3.05, 3.63) is 0 Å². The third kappa shape index (κ3) is 5.42. The van der Waals surface area contributed by atoms with Crippen LogP contribution in [0.3, 0.4) is 0 Å². The molecule has 13 nitrogen and oxygen atoms in total. The van der Waals surface area contributed by atoms with Crippen LogP contribution in [0.2, 0.25) is 0 Å². The van der Waals surface area contributed by atoms with Crippen LogP contribution in [0.1, 0.15) is 106 Å². The van der Waals surface area contributed by atoms with Gasteiger partial charge in [-0.05, 0) is 117 Å². The molecular formula is C40H66O13. The van der Waals surface area contributed by atoms with E-state index in [1.807, 2.05) is 0 Å². The zero-order valence-electron chi connectivity index (χ0n) is 32.6. The highest BCUT2D eigenvalue weighted by molar-refractivity contribution is 5.33. The standard InChI is InChI=1S/C40H66O13/c1-34(2)24(52-33-29(47)27(45)21(43)17-50-33)9-11-40-18-39(40)13-12-36(5)30(38(7)10-8-25(53-38)35(3,4)48)19(41)15-37(36,6)23(39)14-22(31(34)40)51-32-28(46)26(44)20(42)16-49-32/h19-33,41-48H,8-18H2,1-7H3/t19-,20+,21+,22-,23-,24-,25-,26-,27-,28+,29+,30-,31-,32-,33-,36+,37-,38+,39-,40+/m0/s1. The molecule has 0 aromatic rings. The lowest BCUT2D eigenvalue weighted by molar-refractivity contribution is -0.326. The summed E-state index contributed by atoms with van der Waals surface area (Å²) in [7, 11) is 0. The Morgan fingerprint density at radius 1 is 0.642 bits per heavy atom. The van der Waals surface area contributed by atoms with E-state index in [4.69, 9.17) is 23.7 Å². The smallest absolute Gasteiger partial charge is 0.186 e. The first-order chi connectivity index (χ1) is 24.6. The third-order valence-corrected chi connectivity index (χ3v) is 17.2. The van der Waals surface area contributed by atoms with E-state index in [1.165, 1.54) is 0 Å². The van der Waals surface area contributed by atoms with Crippen molar-refractivity contribution in [1.82, 2.24) is 0 Å². The molecule has 8 aliphatic rings. The van der Waals surface area contributed by atoms with Gasteiger partial charge < -0.3 is 64.5 Å². The van der Waals surface area contributed by atoms with Crippen molar-refractivity contribution >= 4 is 0 Å². The first-order valence-electron chi connectivity index (χ1n) is 20.3. The molecule has 8 N–H and O–H groups in total. The number of fused-ring (bicyclic) bond motifs is 2. The predicted octanol–water partition coefficient (Wildman–Crippen LogP) is 1.36. The van der Waals surface area contributed by atoms with Gasteiger partial charge in [-0.3, -0.25) is 0 Å². The maximum absolute atomic E-state index is 12.2. The van der Waals surface area contributed by atoms with Gasteiger partial charge >= 0.3 is 0 Å². The molecule has 0 aromatic carbocycles. The summed E-state index contributed by atoms with van der Waals surface area (Å²) in [6.45, 7) is 14.4. The van der Waals surface area contributed by atoms with Gasteiger partial charge in [0.2, 0.25) is 0 Å². The Hall–Kier alpha value is -0.520. The van der Waals surface area contributed by atoms with Gasteiger partial charge in [0.1, 0.15) is 36.6 Å². The molecule has 2 spiro atoms. The topological polar surface area (TPSA) is 208 Å². The fraction of sp³-hybridized carbons (Fsp3) is 1.00. The number of rotatable bonds is 6. The second-order valence-corrected chi connectivity index (χ2v) is 20.6. The van der Waals surface area contributed by atoms with Gasteiger partial charge in [-0.1, -0.05) is 27.7 Å². The summed E-state index contributed by atoms with van der Waals surface area (Å²) in [6, 6.07) is 0. The Morgan fingerprint density at radius 2 is 1.25 bits per heavy atom. The molecule has 3 aliphatic heterocycles. The van der Waals surface area contributed by atoms with E-state index in [2.05, 4.69) is 34.6 Å². The Labute approximate surface area is 313 Å². The van der Waals surface area contributed by atoms with Crippen molar-refractivity contribution in [3.63, 3.8) is 0 Å². The minimum Gasteiger partial charge on any atom is -0.393 e. The molecule has 304 valence electrons. The summed E-state index contributed by atoms with van der Waals surface area (Å²) in [4.78, 5) is 0. The van der Waals surface area contributed by atoms with E-state index in [0.717, 1.165) is 38.5 Å². The number of aliphatic hydroxyl groups excluding tert-OH is 7. The molecule has 53 heavy (non-hydrogen) atoms. The normalized spacial score (nSPS) is 59.0. The van der Waals surface area contributed by atoms with Crippen molar-refractivity contribution in [1.29, 1.82) is 0 Å². The fourth-order valence-corrected chi connectivity index (χ4v) is 14.6. The van der Waals surface area contributed by atoms with Crippen LogP contribution in [0, 0.1) is 44.8 Å². The zero-order valence-corrected chi connectivity index (χ0v) is 32.6. The Bertz CT molecular complexity index is 1410. The second-order valence-electron chi connectivity index (χ2n) is 20.6. The molecule has 5 aliphatic carbocycles. The van der Waals surface area contributed by atoms with Gasteiger partial charge in [0.25, 0.3) is 0 Å². The van der Waals surface area contributed by atoms with Crippen LogP contribution in [0.4, 0.5) is 0 Å². The van der Waals surface area contributed by atoms with Crippen LogP contribution in [-0.2, 0) is 23.7 Å². The summed E-state index contributed by atoms with van der Waals surface area (Å²) in [5, 5.41) is 86.4. The predicted molar refractivity (Wildman–Crippen MR) is 188 cm³/mol. The number of hydrogen-bond acceptors (Lipinski definition) is 13. The Balaban J connectivity index is 1.14. The minimum absolute atomic E-state index is 0.0153. The number of ether oxygens (including phenoxy) is 5. The quantitative estimate of drug-likeness (QED) is 0.181. The van der Waals surface area contributed by atoms with Crippen LogP contribution < -0.4 is 0 Å². The van der Waals surface area contributed by atoms with Crippen molar-refractivity contribution in [3.8, 4) is 0 Å². The molecule has 3 heterocycles. The average Bonchev–Trinajstić information content (AvgIpc) is 3.44. The average molecular weight is 755 g/mol. The lowest BCUT2D eigenvalue weighted by Gasteiger charge is -2.65. The molecule has 0 aromatic heterocycles. The van der Waals surface area contributed by atoms with Crippen LogP contribution >= 0.6 is 0 Å². The maximum atomic E-state index is 12.2. The highest BCUT2D eigenvalue weighted by Crippen LogP contribution is 2.89. The lowest BCUT2D eigenvalue weighted by atomic mass is 9.41. The van der Waals surface area contributed by atoms with E-state index in [9.17, 15) is 40.9 Å². The maximum Gasteiger partial charge on any atom is 0.186 e. The zero-order chi connectivity index (χ0) is 38.5. The Kier molecular flexibility index (Phi) is 9.27. The minimum atomic E-state index is -1.45. The van der Waals surface area contributed by atoms with Gasteiger partial charge in [-0.2, -0.15) is 0 Å². The summed E-state index contributed by atoms with van der Waals surface area (Å²) in [5.41, 5.74) is -2.85. The molecule has 0 unspecified atom stereocenters. The molecular weight excluding hydrogens is 688 g/mol. The van der Waals surface area contributed by atoms with Gasteiger partial charge in [-0.25, -0.2) is 0 Å². The van der Waals surface area contributed by atoms with Gasteiger partial charge in [0.05, 0.1) is 48.8 Å². The highest BCUT2D eigenvalue weighted by atomic mass is 16.7. The van der Waals surface area contributed by atoms with Crippen molar-refractivity contribution in [2.75, 3.05) is 13.2 Å². The molecule has 5 saturated carbocycles. The molecule has 8 rings (SSSR count). The van der Waals surface area contributed by atoms with Crippen molar-refractivity contribution < 1.29 is 64.5 Å². The molecule has 0 amide bonds. The van der Waals surface area contributed by atoms with Crippen LogP contribution in [0.15, 0.2) is 0 Å². The van der Waals surface area contributed by atoms with Gasteiger partial charge in [0.15, 0.2) is 12.6 Å². The summed E-state index contributed by atoms with van der Waals surface area (Å²) in [5.74, 6) is -0.0540. The molecule has 20 atom stereocenters. The molecule has 13 heteroatoms. The fourth-order valence-electron chi connectivity index (χ4n) is 14.6. The van der Waals surface area contributed by atoms with Gasteiger partial charge in [-0.15, -0.1) is 0 Å².